The van der Waals surface area contributed by atoms with Crippen molar-refractivity contribution in [3.63, 3.8) is 0 Å². The van der Waals surface area contributed by atoms with Crippen LogP contribution in [0.5, 0.6) is 11.5 Å². The third-order valence-corrected chi connectivity index (χ3v) is 4.99. The highest BCUT2D eigenvalue weighted by molar-refractivity contribution is 5.45. The van der Waals surface area contributed by atoms with Crippen molar-refractivity contribution >= 4 is 0 Å². The molecule has 1 aromatic carbocycles. The van der Waals surface area contributed by atoms with Crippen LogP contribution in [0.15, 0.2) is 42.7 Å². The van der Waals surface area contributed by atoms with Crippen LogP contribution in [-0.2, 0) is 0 Å². The van der Waals surface area contributed by atoms with Gasteiger partial charge in [-0.3, -0.25) is 10.4 Å². The van der Waals surface area contributed by atoms with Gasteiger partial charge in [0.2, 0.25) is 6.79 Å². The fraction of sp³-hybridized carbons (Fsp3) is 0.421. The van der Waals surface area contributed by atoms with Crippen molar-refractivity contribution in [1.82, 2.24) is 21.2 Å². The summed E-state index contributed by atoms with van der Waals surface area (Å²) in [5.41, 5.74) is 9.21. The van der Waals surface area contributed by atoms with Gasteiger partial charge in [-0.2, -0.15) is 0 Å². The zero-order valence-corrected chi connectivity index (χ0v) is 14.4. The molecular weight excluding hydrogens is 316 g/mol. The first kappa shape index (κ1) is 16.3. The van der Waals surface area contributed by atoms with E-state index < -0.39 is 0 Å². The summed E-state index contributed by atoms with van der Waals surface area (Å²) in [6.45, 7) is 4.38. The largest absolute Gasteiger partial charge is 0.454 e. The molecule has 25 heavy (non-hydrogen) atoms. The minimum absolute atomic E-state index is 0.247. The van der Waals surface area contributed by atoms with Crippen molar-refractivity contribution in [2.45, 2.75) is 25.4 Å². The number of nitrogens with zero attached hydrogens (tertiary/aromatic N) is 1. The lowest BCUT2D eigenvalue weighted by atomic mass is 9.94. The summed E-state index contributed by atoms with van der Waals surface area (Å²) in [5, 5.41) is 3.72. The van der Waals surface area contributed by atoms with E-state index in [1.54, 1.807) is 0 Å². The van der Waals surface area contributed by atoms with E-state index >= 15 is 0 Å². The smallest absolute Gasteiger partial charge is 0.231 e. The first-order chi connectivity index (χ1) is 12.3. The molecule has 132 valence electrons. The zero-order chi connectivity index (χ0) is 17.1. The number of fused-ring (bicyclic) bond motifs is 1. The van der Waals surface area contributed by atoms with Crippen molar-refractivity contribution in [3.8, 4) is 11.5 Å². The number of hydrazine groups is 1. The quantitative estimate of drug-likeness (QED) is 0.750. The molecule has 1 saturated heterocycles. The van der Waals surface area contributed by atoms with Crippen molar-refractivity contribution < 1.29 is 9.47 Å². The van der Waals surface area contributed by atoms with E-state index in [2.05, 4.69) is 52.3 Å². The summed E-state index contributed by atoms with van der Waals surface area (Å²) in [6, 6.07) is 11.0. The Labute approximate surface area is 147 Å². The molecule has 2 aromatic rings. The Kier molecular flexibility index (Phi) is 4.83. The maximum absolute atomic E-state index is 5.52. The molecule has 3 unspecified atom stereocenters. The summed E-state index contributed by atoms with van der Waals surface area (Å²) in [6.07, 6.45) is 4.76. The van der Waals surface area contributed by atoms with E-state index in [0.29, 0.717) is 18.8 Å². The normalized spacial score (nSPS) is 22.9. The number of nitrogens with one attached hydrogen (secondary N) is 3. The average molecular weight is 340 g/mol. The second-order valence-electron chi connectivity index (χ2n) is 6.53. The van der Waals surface area contributed by atoms with Crippen LogP contribution >= 0.6 is 0 Å². The minimum atomic E-state index is 0.247. The van der Waals surface area contributed by atoms with Crippen LogP contribution in [0.3, 0.4) is 0 Å². The van der Waals surface area contributed by atoms with Gasteiger partial charge in [-0.05, 0) is 41.8 Å². The van der Waals surface area contributed by atoms with Gasteiger partial charge in [-0.15, -0.1) is 0 Å². The predicted octanol–water partition coefficient (Wildman–Crippen LogP) is 2.32. The summed E-state index contributed by atoms with van der Waals surface area (Å²) < 4.78 is 10.9. The lowest BCUT2D eigenvalue weighted by molar-refractivity contribution is 0.174. The molecule has 4 rings (SSSR count). The fourth-order valence-electron chi connectivity index (χ4n) is 3.58. The van der Waals surface area contributed by atoms with E-state index in [4.69, 9.17) is 9.47 Å². The number of hydrogen-bond acceptors (Lipinski definition) is 6. The van der Waals surface area contributed by atoms with Gasteiger partial charge in [-0.1, -0.05) is 13.0 Å². The molecule has 6 nitrogen and oxygen atoms in total. The van der Waals surface area contributed by atoms with Crippen LogP contribution in [0.1, 0.15) is 36.6 Å². The highest BCUT2D eigenvalue weighted by Gasteiger charge is 2.30. The van der Waals surface area contributed by atoms with E-state index in [1.807, 2.05) is 18.5 Å². The van der Waals surface area contributed by atoms with Crippen LogP contribution in [0.25, 0.3) is 0 Å². The first-order valence-electron chi connectivity index (χ1n) is 8.86. The number of hydrogen-bond donors (Lipinski definition) is 3. The van der Waals surface area contributed by atoms with Gasteiger partial charge in [0.05, 0.1) is 6.04 Å². The molecule has 2 aliphatic heterocycles. The number of rotatable bonds is 6. The number of aromatic nitrogens is 1. The van der Waals surface area contributed by atoms with E-state index in [-0.39, 0.29) is 6.04 Å². The monoisotopic (exact) mass is 340 g/mol. The molecule has 0 amide bonds. The molecule has 3 heterocycles. The second-order valence-corrected chi connectivity index (χ2v) is 6.53. The Balaban J connectivity index is 1.43. The van der Waals surface area contributed by atoms with E-state index in [1.165, 1.54) is 11.1 Å². The maximum atomic E-state index is 5.52. The second kappa shape index (κ2) is 7.39. The molecule has 0 spiro atoms. The topological polar surface area (TPSA) is 67.4 Å². The van der Waals surface area contributed by atoms with Gasteiger partial charge >= 0.3 is 0 Å². The Hall–Kier alpha value is -2.15. The highest BCUT2D eigenvalue weighted by atomic mass is 16.7. The number of ether oxygens (including phenoxy) is 2. The SMILES string of the molecule is CCC(NCC1CNNC1c1ccc2c(c1)OCO2)c1ccncc1. The molecule has 6 heteroatoms. The standard InChI is InChI=1S/C19H24N4O2/c1-2-16(13-5-7-20-8-6-13)21-10-15-11-22-23-19(15)14-3-4-17-18(9-14)25-12-24-17/h3-9,15-16,19,21-23H,2,10-12H2,1H3. The van der Waals surface area contributed by atoms with E-state index in [0.717, 1.165) is 31.0 Å². The molecule has 3 atom stereocenters. The molecule has 1 fully saturated rings. The summed E-state index contributed by atoms with van der Waals surface area (Å²) >= 11 is 0. The zero-order valence-electron chi connectivity index (χ0n) is 14.4. The highest BCUT2D eigenvalue weighted by Crippen LogP contribution is 2.36. The Morgan fingerprint density at radius 1 is 1.20 bits per heavy atom. The van der Waals surface area contributed by atoms with Gasteiger partial charge in [0, 0.05) is 37.4 Å². The van der Waals surface area contributed by atoms with Crippen LogP contribution in [0.4, 0.5) is 0 Å². The molecule has 2 aliphatic rings. The third kappa shape index (κ3) is 3.46. The molecule has 0 aliphatic carbocycles. The van der Waals surface area contributed by atoms with Gasteiger partial charge in [0.25, 0.3) is 0 Å². The predicted molar refractivity (Wildman–Crippen MR) is 95.2 cm³/mol. The lowest BCUT2D eigenvalue weighted by Crippen LogP contribution is -2.31. The number of pyridine rings is 1. The molecule has 0 bridgehead atoms. The van der Waals surface area contributed by atoms with E-state index in [9.17, 15) is 0 Å². The minimum Gasteiger partial charge on any atom is -0.454 e. The Morgan fingerprint density at radius 3 is 2.88 bits per heavy atom. The Bertz CT molecular complexity index is 710. The van der Waals surface area contributed by atoms with Crippen LogP contribution in [0, 0.1) is 5.92 Å². The summed E-state index contributed by atoms with van der Waals surface area (Å²) in [4.78, 5) is 4.11. The third-order valence-electron chi connectivity index (χ3n) is 4.99. The van der Waals surface area contributed by atoms with Gasteiger partial charge in [0.15, 0.2) is 11.5 Å². The number of benzene rings is 1. The summed E-state index contributed by atoms with van der Waals surface area (Å²) in [5.74, 6) is 2.12. The molecular formula is C19H24N4O2. The van der Waals surface area contributed by atoms with Crippen molar-refractivity contribution in [2.24, 2.45) is 5.92 Å². The van der Waals surface area contributed by atoms with Crippen molar-refractivity contribution in [2.75, 3.05) is 19.9 Å². The van der Waals surface area contributed by atoms with Crippen LogP contribution < -0.4 is 25.6 Å². The van der Waals surface area contributed by atoms with Gasteiger partial charge < -0.3 is 14.8 Å². The lowest BCUT2D eigenvalue weighted by Gasteiger charge is -2.23. The molecule has 1 aromatic heterocycles. The molecule has 0 saturated carbocycles. The first-order valence-corrected chi connectivity index (χ1v) is 8.86. The van der Waals surface area contributed by atoms with Gasteiger partial charge in [-0.25, -0.2) is 5.43 Å². The Morgan fingerprint density at radius 2 is 2.04 bits per heavy atom. The van der Waals surface area contributed by atoms with Gasteiger partial charge in [0.1, 0.15) is 0 Å². The fourth-order valence-corrected chi connectivity index (χ4v) is 3.58. The van der Waals surface area contributed by atoms with Crippen LogP contribution in [0.2, 0.25) is 0 Å². The maximum Gasteiger partial charge on any atom is 0.231 e. The summed E-state index contributed by atoms with van der Waals surface area (Å²) in [7, 11) is 0. The van der Waals surface area contributed by atoms with Crippen LogP contribution in [-0.4, -0.2) is 24.9 Å². The molecule has 3 N–H and O–H groups in total. The van der Waals surface area contributed by atoms with Crippen molar-refractivity contribution in [1.29, 1.82) is 0 Å². The molecule has 0 radical (unpaired) electrons. The average Bonchev–Trinajstić information content (AvgIpc) is 3.31. The van der Waals surface area contributed by atoms with Crippen molar-refractivity contribution in [3.05, 3.63) is 53.9 Å².